The summed E-state index contributed by atoms with van der Waals surface area (Å²) in [6, 6.07) is 9.80. The highest BCUT2D eigenvalue weighted by molar-refractivity contribution is 7.99. The first-order valence-electron chi connectivity index (χ1n) is 6.19. The molecule has 3 aromatic heterocycles. The molecule has 0 unspecified atom stereocenters. The Labute approximate surface area is 128 Å². The van der Waals surface area contributed by atoms with Crippen LogP contribution in [0.25, 0.3) is 21.1 Å². The van der Waals surface area contributed by atoms with Crippen LogP contribution in [-0.4, -0.2) is 19.9 Å². The van der Waals surface area contributed by atoms with Crippen molar-refractivity contribution in [2.45, 2.75) is 10.2 Å². The lowest BCUT2D eigenvalue weighted by atomic mass is 10.2. The van der Waals surface area contributed by atoms with E-state index in [2.05, 4.69) is 19.9 Å². The normalized spacial score (nSPS) is 11.2. The molecule has 0 spiro atoms. The number of hydrogen-bond acceptors (Lipinski definition) is 7. The molecule has 102 valence electrons. The highest BCUT2D eigenvalue weighted by Crippen LogP contribution is 2.32. The number of nitrogens with zero attached hydrogens (tertiary/aromatic N) is 4. The Bertz CT molecular complexity index is 945. The lowest BCUT2D eigenvalue weighted by Crippen LogP contribution is -1.95. The molecule has 0 saturated heterocycles. The summed E-state index contributed by atoms with van der Waals surface area (Å²) in [5.41, 5.74) is 6.88. The first-order chi connectivity index (χ1) is 10.3. The predicted molar refractivity (Wildman–Crippen MR) is 85.5 cm³/mol. The summed E-state index contributed by atoms with van der Waals surface area (Å²) in [4.78, 5) is 18.4. The molecule has 0 radical (unpaired) electrons. The number of nitrogen functional groups attached to an aromatic ring is 1. The van der Waals surface area contributed by atoms with Gasteiger partial charge in [-0.25, -0.2) is 19.9 Å². The Morgan fingerprint density at radius 3 is 2.86 bits per heavy atom. The molecule has 3 heterocycles. The van der Waals surface area contributed by atoms with Crippen LogP contribution in [0.15, 0.2) is 52.2 Å². The van der Waals surface area contributed by atoms with E-state index in [1.807, 2.05) is 35.7 Å². The zero-order chi connectivity index (χ0) is 14.2. The van der Waals surface area contributed by atoms with Crippen molar-refractivity contribution in [1.29, 1.82) is 0 Å². The van der Waals surface area contributed by atoms with Gasteiger partial charge in [0.25, 0.3) is 0 Å². The number of thiophene rings is 1. The molecule has 0 bridgehead atoms. The van der Waals surface area contributed by atoms with Gasteiger partial charge in [0.15, 0.2) is 5.16 Å². The molecule has 4 aromatic rings. The lowest BCUT2D eigenvalue weighted by molar-refractivity contribution is 1.01. The molecule has 0 aliphatic carbocycles. The molecule has 21 heavy (non-hydrogen) atoms. The molecule has 0 saturated carbocycles. The fourth-order valence-corrected chi connectivity index (χ4v) is 3.72. The summed E-state index contributed by atoms with van der Waals surface area (Å²) in [7, 11) is 0. The third kappa shape index (κ3) is 2.20. The fraction of sp³-hybridized carbons (Fsp3) is 0. The lowest BCUT2D eigenvalue weighted by Gasteiger charge is -2.04. The molecule has 0 fully saturated rings. The molecule has 0 aliphatic heterocycles. The van der Waals surface area contributed by atoms with Gasteiger partial charge in [-0.05, 0) is 29.3 Å². The van der Waals surface area contributed by atoms with Crippen LogP contribution in [0.5, 0.6) is 0 Å². The summed E-state index contributed by atoms with van der Waals surface area (Å²) >= 11 is 2.96. The van der Waals surface area contributed by atoms with E-state index >= 15 is 0 Å². The average molecular weight is 311 g/mol. The Hall–Kier alpha value is -2.25. The van der Waals surface area contributed by atoms with Gasteiger partial charge >= 0.3 is 0 Å². The largest absolute Gasteiger partial charge is 0.383 e. The molecule has 0 amide bonds. The van der Waals surface area contributed by atoms with E-state index in [0.29, 0.717) is 11.0 Å². The van der Waals surface area contributed by atoms with Crippen molar-refractivity contribution in [3.05, 3.63) is 42.0 Å². The van der Waals surface area contributed by atoms with Crippen LogP contribution >= 0.6 is 23.1 Å². The van der Waals surface area contributed by atoms with E-state index in [9.17, 15) is 0 Å². The van der Waals surface area contributed by atoms with Gasteiger partial charge in [-0.2, -0.15) is 0 Å². The van der Waals surface area contributed by atoms with Gasteiger partial charge in [0.2, 0.25) is 0 Å². The van der Waals surface area contributed by atoms with Crippen LogP contribution in [0.4, 0.5) is 5.82 Å². The Balaban J connectivity index is 1.82. The Morgan fingerprint density at radius 2 is 1.90 bits per heavy atom. The molecule has 0 aliphatic rings. The van der Waals surface area contributed by atoms with Crippen molar-refractivity contribution < 1.29 is 0 Å². The number of fused-ring (bicyclic) bond motifs is 2. The number of benzene rings is 1. The van der Waals surface area contributed by atoms with Gasteiger partial charge in [-0.3, -0.25) is 0 Å². The van der Waals surface area contributed by atoms with Crippen molar-refractivity contribution in [2.24, 2.45) is 0 Å². The smallest absolute Gasteiger partial charge is 0.197 e. The number of rotatable bonds is 2. The van der Waals surface area contributed by atoms with Crippen molar-refractivity contribution in [2.75, 3.05) is 5.73 Å². The highest BCUT2D eigenvalue weighted by atomic mass is 32.2. The predicted octanol–water partition coefficient (Wildman–Crippen LogP) is 3.37. The molecule has 7 heteroatoms. The van der Waals surface area contributed by atoms with Gasteiger partial charge in [0, 0.05) is 5.39 Å². The monoisotopic (exact) mass is 311 g/mol. The summed E-state index contributed by atoms with van der Waals surface area (Å²) in [5.74, 6) is 0.502. The standard InChI is InChI=1S/C14H9N5S2/c15-11-9-5-6-20-13(9)19-14(18-11)21-12-8-3-1-2-4-10(8)16-7-17-12/h1-7H,(H2,15,18,19). The van der Waals surface area contributed by atoms with Crippen LogP contribution in [0.2, 0.25) is 0 Å². The van der Waals surface area contributed by atoms with Crippen molar-refractivity contribution >= 4 is 50.0 Å². The van der Waals surface area contributed by atoms with Crippen LogP contribution in [0, 0.1) is 0 Å². The van der Waals surface area contributed by atoms with Crippen LogP contribution in [0.1, 0.15) is 0 Å². The number of nitrogens with two attached hydrogens (primary N) is 1. The van der Waals surface area contributed by atoms with Gasteiger partial charge < -0.3 is 5.73 Å². The minimum absolute atomic E-state index is 0.502. The average Bonchev–Trinajstić information content (AvgIpc) is 2.97. The molecular formula is C14H9N5S2. The molecular weight excluding hydrogens is 302 g/mol. The first kappa shape index (κ1) is 12.5. The third-order valence-electron chi connectivity index (χ3n) is 3.03. The minimum Gasteiger partial charge on any atom is -0.383 e. The Kier molecular flexibility index (Phi) is 2.94. The maximum absolute atomic E-state index is 5.98. The van der Waals surface area contributed by atoms with E-state index in [4.69, 9.17) is 5.73 Å². The van der Waals surface area contributed by atoms with Gasteiger partial charge in [0.05, 0.1) is 10.9 Å². The maximum atomic E-state index is 5.98. The summed E-state index contributed by atoms with van der Waals surface area (Å²) in [6.07, 6.45) is 1.55. The maximum Gasteiger partial charge on any atom is 0.197 e. The third-order valence-corrected chi connectivity index (χ3v) is 4.72. The quantitative estimate of drug-likeness (QED) is 0.452. The molecule has 5 nitrogen and oxygen atoms in total. The van der Waals surface area contributed by atoms with Crippen LogP contribution in [-0.2, 0) is 0 Å². The topological polar surface area (TPSA) is 77.6 Å². The van der Waals surface area contributed by atoms with Crippen molar-refractivity contribution in [3.8, 4) is 0 Å². The van der Waals surface area contributed by atoms with Gasteiger partial charge in [-0.15, -0.1) is 11.3 Å². The molecule has 2 N–H and O–H groups in total. The number of aromatic nitrogens is 4. The highest BCUT2D eigenvalue weighted by Gasteiger charge is 2.10. The summed E-state index contributed by atoms with van der Waals surface area (Å²) in [6.45, 7) is 0. The van der Waals surface area contributed by atoms with Crippen LogP contribution in [0.3, 0.4) is 0 Å². The number of hydrogen-bond donors (Lipinski definition) is 1. The van der Waals surface area contributed by atoms with E-state index in [1.54, 1.807) is 17.7 Å². The van der Waals surface area contributed by atoms with Crippen LogP contribution < -0.4 is 5.73 Å². The number of para-hydroxylation sites is 1. The van der Waals surface area contributed by atoms with E-state index < -0.39 is 0 Å². The second-order valence-corrected chi connectivity index (χ2v) is 6.18. The van der Waals surface area contributed by atoms with Gasteiger partial charge in [-0.1, -0.05) is 18.2 Å². The zero-order valence-electron chi connectivity index (χ0n) is 10.7. The first-order valence-corrected chi connectivity index (χ1v) is 7.89. The zero-order valence-corrected chi connectivity index (χ0v) is 12.4. The number of anilines is 1. The van der Waals surface area contributed by atoms with Crippen molar-refractivity contribution in [3.63, 3.8) is 0 Å². The van der Waals surface area contributed by atoms with Crippen molar-refractivity contribution in [1.82, 2.24) is 19.9 Å². The van der Waals surface area contributed by atoms with E-state index in [-0.39, 0.29) is 0 Å². The summed E-state index contributed by atoms with van der Waals surface area (Å²) in [5, 5.41) is 5.28. The SMILES string of the molecule is Nc1nc(Sc2ncnc3ccccc23)nc2sccc12. The summed E-state index contributed by atoms with van der Waals surface area (Å²) < 4.78 is 0. The molecule has 1 aromatic carbocycles. The van der Waals surface area contributed by atoms with E-state index in [0.717, 1.165) is 26.1 Å². The molecule has 0 atom stereocenters. The van der Waals surface area contributed by atoms with E-state index in [1.165, 1.54) is 11.8 Å². The second-order valence-electron chi connectivity index (χ2n) is 4.33. The second kappa shape index (κ2) is 4.94. The fourth-order valence-electron chi connectivity index (χ4n) is 2.05. The minimum atomic E-state index is 0.502. The Morgan fingerprint density at radius 1 is 1.00 bits per heavy atom. The molecule has 4 rings (SSSR count). The van der Waals surface area contributed by atoms with Gasteiger partial charge in [0.1, 0.15) is 22.0 Å².